The number of nitrogens with two attached hydrogens (primary N) is 1. The smallest absolute Gasteiger partial charge is 0.350 e. The number of methoxy groups -OCH3 is 1. The zero-order valence-electron chi connectivity index (χ0n) is 16.5. The first-order valence-electron chi connectivity index (χ1n) is 8.91. The summed E-state index contributed by atoms with van der Waals surface area (Å²) in [6.07, 6.45) is 0. The zero-order chi connectivity index (χ0) is 22.8. The van der Waals surface area contributed by atoms with Crippen LogP contribution in [0, 0.1) is 0 Å². The third-order valence-electron chi connectivity index (χ3n) is 4.18. The maximum absolute atomic E-state index is 12.1. The van der Waals surface area contributed by atoms with Crippen LogP contribution in [0.3, 0.4) is 0 Å². The van der Waals surface area contributed by atoms with Gasteiger partial charge in [-0.1, -0.05) is 23.7 Å². The topological polar surface area (TPSA) is 148 Å². The van der Waals surface area contributed by atoms with E-state index in [-0.39, 0.29) is 38.5 Å². The molecule has 164 valence electrons. The fraction of sp³-hybridized carbons (Fsp3) is 0.158. The predicted octanol–water partition coefficient (Wildman–Crippen LogP) is 3.24. The Bertz CT molecular complexity index is 1230. The van der Waals surface area contributed by atoms with Gasteiger partial charge in [-0.05, 0) is 37.3 Å². The molecule has 1 aromatic heterocycles. The number of hydrogen-bond acceptors (Lipinski definition) is 7. The Kier molecular flexibility index (Phi) is 6.51. The van der Waals surface area contributed by atoms with Gasteiger partial charge in [-0.25, -0.2) is 18.4 Å². The van der Waals surface area contributed by atoms with Gasteiger partial charge < -0.3 is 14.5 Å². The number of anilines is 1. The van der Waals surface area contributed by atoms with Gasteiger partial charge in [0, 0.05) is 17.7 Å². The van der Waals surface area contributed by atoms with E-state index in [4.69, 9.17) is 25.9 Å². The molecule has 0 fully saturated rings. The second-order valence-electron chi connectivity index (χ2n) is 6.21. The number of oxazole rings is 1. The molecule has 2 amide bonds. The van der Waals surface area contributed by atoms with E-state index in [9.17, 15) is 18.4 Å². The maximum atomic E-state index is 12.1. The normalized spacial score (nSPS) is 11.3. The highest BCUT2D eigenvalue weighted by Gasteiger charge is 2.27. The molecule has 0 unspecified atom stereocenters. The monoisotopic (exact) mass is 466 g/mol. The van der Waals surface area contributed by atoms with E-state index in [2.05, 4.69) is 10.3 Å². The third-order valence-corrected chi connectivity index (χ3v) is 5.45. The van der Waals surface area contributed by atoms with Crippen molar-refractivity contribution in [2.45, 2.75) is 11.8 Å². The van der Waals surface area contributed by atoms with Crippen LogP contribution in [0.15, 0.2) is 51.8 Å². The quantitative estimate of drug-likeness (QED) is 0.373. The van der Waals surface area contributed by atoms with Gasteiger partial charge in [0.05, 0.1) is 17.0 Å². The fourth-order valence-electron chi connectivity index (χ4n) is 2.81. The molecule has 0 spiro atoms. The first-order chi connectivity index (χ1) is 14.7. The van der Waals surface area contributed by atoms with Gasteiger partial charge in [-0.3, -0.25) is 5.21 Å². The summed E-state index contributed by atoms with van der Waals surface area (Å²) in [6, 6.07) is 9.21. The molecule has 3 aromatic rings. The highest BCUT2D eigenvalue weighted by molar-refractivity contribution is 7.89. The molecule has 0 aliphatic carbocycles. The van der Waals surface area contributed by atoms with Crippen LogP contribution >= 0.6 is 11.6 Å². The lowest BCUT2D eigenvalue weighted by Crippen LogP contribution is -2.37. The molecule has 3 rings (SSSR count). The highest BCUT2D eigenvalue weighted by atomic mass is 35.5. The number of nitrogens with one attached hydrogen (secondary N) is 1. The second-order valence-corrected chi connectivity index (χ2v) is 8.15. The Labute approximate surface area is 183 Å². The molecular formula is C19H19ClN4O6S. The van der Waals surface area contributed by atoms with Crippen LogP contribution in [0.4, 0.5) is 10.8 Å². The van der Waals surface area contributed by atoms with Crippen LogP contribution in [-0.2, 0) is 10.0 Å². The number of hydroxylamine groups is 1. The average Bonchev–Trinajstić information content (AvgIpc) is 3.18. The van der Waals surface area contributed by atoms with E-state index in [0.29, 0.717) is 11.3 Å². The summed E-state index contributed by atoms with van der Waals surface area (Å²) >= 11 is 6.22. The molecule has 0 aliphatic heterocycles. The lowest BCUT2D eigenvalue weighted by Gasteiger charge is -2.10. The summed E-state index contributed by atoms with van der Waals surface area (Å²) in [6.45, 7) is 1.92. The van der Waals surface area contributed by atoms with Crippen LogP contribution in [0.25, 0.3) is 22.6 Å². The average molecular weight is 467 g/mol. The Balaban J connectivity index is 2.25. The summed E-state index contributed by atoms with van der Waals surface area (Å²) in [5.74, 6) is 0.371. The van der Waals surface area contributed by atoms with Crippen molar-refractivity contribution in [3.05, 3.63) is 47.5 Å². The number of halogens is 1. The largest absolute Gasteiger partial charge is 0.495 e. The maximum Gasteiger partial charge on any atom is 0.350 e. The number of rotatable bonds is 6. The number of ether oxygens (including phenoxy) is 1. The van der Waals surface area contributed by atoms with Gasteiger partial charge in [-0.15, -0.1) is 5.06 Å². The number of aromatic nitrogens is 1. The van der Waals surface area contributed by atoms with E-state index in [1.54, 1.807) is 25.1 Å². The summed E-state index contributed by atoms with van der Waals surface area (Å²) < 4.78 is 35.0. The van der Waals surface area contributed by atoms with E-state index in [1.165, 1.54) is 31.4 Å². The lowest BCUT2D eigenvalue weighted by molar-refractivity contribution is 0.196. The Morgan fingerprint density at radius 1 is 1.32 bits per heavy atom. The zero-order valence-corrected chi connectivity index (χ0v) is 18.1. The van der Waals surface area contributed by atoms with Gasteiger partial charge in [0.25, 0.3) is 0 Å². The van der Waals surface area contributed by atoms with Crippen LogP contribution < -0.4 is 20.3 Å². The van der Waals surface area contributed by atoms with Crippen LogP contribution in [0.5, 0.6) is 5.75 Å². The van der Waals surface area contributed by atoms with Crippen molar-refractivity contribution in [3.63, 3.8) is 0 Å². The van der Waals surface area contributed by atoms with Gasteiger partial charge in [-0.2, -0.15) is 4.98 Å². The number of primary sulfonamides is 1. The highest BCUT2D eigenvalue weighted by Crippen LogP contribution is 2.39. The molecule has 31 heavy (non-hydrogen) atoms. The van der Waals surface area contributed by atoms with Gasteiger partial charge in [0.2, 0.25) is 10.0 Å². The van der Waals surface area contributed by atoms with Crippen molar-refractivity contribution < 1.29 is 27.6 Å². The van der Waals surface area contributed by atoms with E-state index >= 15 is 0 Å². The third kappa shape index (κ3) is 4.64. The molecule has 1 heterocycles. The summed E-state index contributed by atoms with van der Waals surface area (Å²) in [7, 11) is -2.67. The van der Waals surface area contributed by atoms with Crippen molar-refractivity contribution in [1.29, 1.82) is 0 Å². The van der Waals surface area contributed by atoms with E-state index < -0.39 is 22.1 Å². The molecular weight excluding hydrogens is 448 g/mol. The predicted molar refractivity (Wildman–Crippen MR) is 114 cm³/mol. The van der Waals surface area contributed by atoms with Crippen molar-refractivity contribution in [1.82, 2.24) is 10.3 Å². The van der Waals surface area contributed by atoms with Crippen LogP contribution in [0.2, 0.25) is 5.02 Å². The van der Waals surface area contributed by atoms with E-state index in [1.807, 2.05) is 0 Å². The van der Waals surface area contributed by atoms with Crippen molar-refractivity contribution >= 4 is 33.7 Å². The summed E-state index contributed by atoms with van der Waals surface area (Å²) in [5.41, 5.74) is 0.637. The van der Waals surface area contributed by atoms with Gasteiger partial charge in [0.15, 0.2) is 5.76 Å². The molecule has 0 saturated carbocycles. The standard InChI is InChI=1S/C19H19ClN4O6S/c1-3-22-18(25)24(26)19-23-16(11-8-9-14(29-2)13(20)10-11)17(30-19)12-6-4-5-7-15(12)31(21,27)28/h4-10,26H,3H2,1-2H3,(H,22,25)(H2,21,27,28). The molecule has 2 aromatic carbocycles. The minimum Gasteiger partial charge on any atom is -0.495 e. The molecule has 0 aliphatic rings. The minimum atomic E-state index is -4.12. The Hall–Kier alpha value is -3.12. The molecule has 0 radical (unpaired) electrons. The number of nitrogens with zero attached hydrogens (tertiary/aromatic N) is 2. The van der Waals surface area contributed by atoms with E-state index in [0.717, 1.165) is 0 Å². The molecule has 4 N–H and O–H groups in total. The van der Waals surface area contributed by atoms with Crippen LogP contribution in [-0.4, -0.2) is 38.3 Å². The van der Waals surface area contributed by atoms with Crippen molar-refractivity contribution in [3.8, 4) is 28.3 Å². The number of hydrogen-bond donors (Lipinski definition) is 3. The molecule has 0 atom stereocenters. The first kappa shape index (κ1) is 22.6. The molecule has 12 heteroatoms. The molecule has 0 saturated heterocycles. The number of carbonyl (C=O) groups is 1. The van der Waals surface area contributed by atoms with Crippen molar-refractivity contribution in [2.75, 3.05) is 18.7 Å². The van der Waals surface area contributed by atoms with Gasteiger partial charge in [0.1, 0.15) is 11.4 Å². The first-order valence-corrected chi connectivity index (χ1v) is 10.8. The summed E-state index contributed by atoms with van der Waals surface area (Å²) in [4.78, 5) is 16.0. The molecule has 10 nitrogen and oxygen atoms in total. The molecule has 0 bridgehead atoms. The number of urea groups is 1. The summed E-state index contributed by atoms with van der Waals surface area (Å²) in [5, 5.41) is 18.4. The fourth-order valence-corrected chi connectivity index (χ4v) is 3.80. The number of carbonyl (C=O) groups excluding carboxylic acids is 1. The number of sulfonamides is 1. The lowest BCUT2D eigenvalue weighted by atomic mass is 10.1. The SMILES string of the molecule is CCNC(=O)N(O)c1nc(-c2ccc(OC)c(Cl)c2)c(-c2ccccc2S(N)(=O)=O)o1. The Morgan fingerprint density at radius 3 is 2.65 bits per heavy atom. The Morgan fingerprint density at radius 2 is 2.03 bits per heavy atom. The van der Waals surface area contributed by atoms with Crippen molar-refractivity contribution in [2.24, 2.45) is 5.14 Å². The van der Waals surface area contributed by atoms with Gasteiger partial charge >= 0.3 is 12.0 Å². The number of benzene rings is 2. The second kappa shape index (κ2) is 8.94. The minimum absolute atomic E-state index is 0.0378. The van der Waals surface area contributed by atoms with Crippen LogP contribution in [0.1, 0.15) is 6.92 Å². The number of amides is 2.